The maximum atomic E-state index is 13.9. The van der Waals surface area contributed by atoms with E-state index >= 15 is 0 Å². The average molecular weight is 443 g/mol. The SMILES string of the molecule is CN(Cc1nc(-c2ccncc2)no1)C(=O)c1ccc2nc(Cc3ccccc3F)oc2c1. The summed E-state index contributed by atoms with van der Waals surface area (Å²) in [6.45, 7) is 0.143. The second kappa shape index (κ2) is 8.62. The van der Waals surface area contributed by atoms with Crippen LogP contribution in [0.4, 0.5) is 4.39 Å². The van der Waals surface area contributed by atoms with E-state index < -0.39 is 0 Å². The number of benzene rings is 2. The van der Waals surface area contributed by atoms with Crippen LogP contribution in [0.1, 0.15) is 27.7 Å². The molecule has 0 saturated heterocycles. The van der Waals surface area contributed by atoms with Crippen LogP contribution in [-0.4, -0.2) is 38.0 Å². The van der Waals surface area contributed by atoms with Crippen molar-refractivity contribution in [3.05, 3.63) is 95.7 Å². The summed E-state index contributed by atoms with van der Waals surface area (Å²) < 4.78 is 25.0. The number of carbonyl (C=O) groups excluding carboxylic acids is 1. The summed E-state index contributed by atoms with van der Waals surface area (Å²) in [7, 11) is 1.65. The van der Waals surface area contributed by atoms with E-state index in [1.54, 1.807) is 68.0 Å². The average Bonchev–Trinajstić information content (AvgIpc) is 3.46. The first kappa shape index (κ1) is 20.5. The molecule has 0 unspecified atom stereocenters. The first-order valence-electron chi connectivity index (χ1n) is 10.2. The van der Waals surface area contributed by atoms with Gasteiger partial charge in [-0.25, -0.2) is 9.37 Å². The molecule has 0 fully saturated rings. The first-order chi connectivity index (χ1) is 16.1. The largest absolute Gasteiger partial charge is 0.440 e. The number of hydrogen-bond donors (Lipinski definition) is 0. The molecule has 0 aliphatic rings. The van der Waals surface area contributed by atoms with Crippen LogP contribution in [0.15, 0.2) is 75.9 Å². The smallest absolute Gasteiger partial charge is 0.254 e. The van der Waals surface area contributed by atoms with E-state index in [2.05, 4.69) is 20.1 Å². The van der Waals surface area contributed by atoms with Gasteiger partial charge in [-0.15, -0.1) is 0 Å². The Morgan fingerprint density at radius 3 is 2.67 bits per heavy atom. The first-order valence-corrected chi connectivity index (χ1v) is 10.2. The molecule has 5 aromatic rings. The van der Waals surface area contributed by atoms with Crippen molar-refractivity contribution >= 4 is 17.0 Å². The third-order valence-corrected chi connectivity index (χ3v) is 5.10. The summed E-state index contributed by atoms with van der Waals surface area (Å²) >= 11 is 0. The maximum Gasteiger partial charge on any atom is 0.254 e. The number of pyridine rings is 1. The monoisotopic (exact) mass is 443 g/mol. The van der Waals surface area contributed by atoms with Crippen LogP contribution >= 0.6 is 0 Å². The van der Waals surface area contributed by atoms with Gasteiger partial charge in [0.2, 0.25) is 11.7 Å². The zero-order valence-corrected chi connectivity index (χ0v) is 17.6. The zero-order chi connectivity index (χ0) is 22.8. The number of halogens is 1. The summed E-state index contributed by atoms with van der Waals surface area (Å²) in [6, 6.07) is 15.0. The van der Waals surface area contributed by atoms with Crippen molar-refractivity contribution in [2.75, 3.05) is 7.05 Å². The van der Waals surface area contributed by atoms with E-state index in [0.29, 0.717) is 39.8 Å². The highest BCUT2D eigenvalue weighted by molar-refractivity contribution is 5.96. The van der Waals surface area contributed by atoms with E-state index in [1.807, 2.05) is 0 Å². The lowest BCUT2D eigenvalue weighted by atomic mass is 10.1. The molecule has 0 aliphatic carbocycles. The third-order valence-electron chi connectivity index (χ3n) is 5.10. The molecule has 9 heteroatoms. The summed E-state index contributed by atoms with van der Waals surface area (Å²) in [4.78, 5) is 27.1. The number of hydrogen-bond acceptors (Lipinski definition) is 7. The highest BCUT2D eigenvalue weighted by Gasteiger charge is 2.18. The Kier molecular flexibility index (Phi) is 5.35. The van der Waals surface area contributed by atoms with Crippen LogP contribution in [0.2, 0.25) is 0 Å². The van der Waals surface area contributed by atoms with Gasteiger partial charge in [0.1, 0.15) is 11.3 Å². The van der Waals surface area contributed by atoms with Crippen LogP contribution < -0.4 is 0 Å². The highest BCUT2D eigenvalue weighted by atomic mass is 19.1. The van der Waals surface area contributed by atoms with Crippen molar-refractivity contribution in [3.63, 3.8) is 0 Å². The molecule has 2 aromatic carbocycles. The lowest BCUT2D eigenvalue weighted by Crippen LogP contribution is -2.26. The molecule has 0 saturated carbocycles. The van der Waals surface area contributed by atoms with Crippen LogP contribution in [0, 0.1) is 5.82 Å². The van der Waals surface area contributed by atoms with Gasteiger partial charge in [0.25, 0.3) is 5.91 Å². The Morgan fingerprint density at radius 1 is 1.03 bits per heavy atom. The standard InChI is InChI=1S/C24H18FN5O3/c1-30(14-22-28-23(29-33-22)15-8-10-26-11-9-15)24(31)17-6-7-19-20(12-17)32-21(27-19)13-16-4-2-3-5-18(16)25/h2-12H,13-14H2,1H3. The van der Waals surface area contributed by atoms with Crippen molar-refractivity contribution in [1.82, 2.24) is 25.0 Å². The van der Waals surface area contributed by atoms with Gasteiger partial charge in [0.05, 0.1) is 13.0 Å². The summed E-state index contributed by atoms with van der Waals surface area (Å²) in [5.41, 5.74) is 2.74. The van der Waals surface area contributed by atoms with Gasteiger partial charge in [-0.3, -0.25) is 9.78 Å². The normalized spacial score (nSPS) is 11.1. The molecule has 0 bridgehead atoms. The Morgan fingerprint density at radius 2 is 1.85 bits per heavy atom. The molecule has 0 spiro atoms. The van der Waals surface area contributed by atoms with Gasteiger partial charge < -0.3 is 13.8 Å². The molecular formula is C24H18FN5O3. The molecule has 1 amide bonds. The van der Waals surface area contributed by atoms with Gasteiger partial charge in [-0.05, 0) is 42.0 Å². The van der Waals surface area contributed by atoms with Crippen LogP contribution in [-0.2, 0) is 13.0 Å². The Balaban J connectivity index is 1.31. The molecule has 8 nitrogen and oxygen atoms in total. The Hall–Kier alpha value is -4.40. The van der Waals surface area contributed by atoms with Gasteiger partial charge in [0.15, 0.2) is 11.5 Å². The van der Waals surface area contributed by atoms with E-state index in [1.165, 1.54) is 11.0 Å². The summed E-state index contributed by atoms with van der Waals surface area (Å²) in [6.07, 6.45) is 3.51. The van der Waals surface area contributed by atoms with Gasteiger partial charge in [0, 0.05) is 30.6 Å². The fraction of sp³-hybridized carbons (Fsp3) is 0.125. The summed E-state index contributed by atoms with van der Waals surface area (Å²) in [5.74, 6) is 0.560. The molecule has 0 radical (unpaired) electrons. The van der Waals surface area contributed by atoms with Crippen molar-refractivity contribution in [2.24, 2.45) is 0 Å². The fourth-order valence-electron chi connectivity index (χ4n) is 3.42. The third kappa shape index (κ3) is 4.33. The van der Waals surface area contributed by atoms with Crippen molar-refractivity contribution in [1.29, 1.82) is 0 Å². The molecule has 3 aromatic heterocycles. The second-order valence-corrected chi connectivity index (χ2v) is 7.47. The second-order valence-electron chi connectivity index (χ2n) is 7.47. The van der Waals surface area contributed by atoms with E-state index in [-0.39, 0.29) is 24.7 Å². The minimum Gasteiger partial charge on any atom is -0.440 e. The molecule has 5 rings (SSSR count). The van der Waals surface area contributed by atoms with E-state index in [4.69, 9.17) is 8.94 Å². The van der Waals surface area contributed by atoms with E-state index in [9.17, 15) is 9.18 Å². The Labute approximate surface area is 187 Å². The number of carbonyl (C=O) groups is 1. The number of nitrogens with zero attached hydrogens (tertiary/aromatic N) is 5. The van der Waals surface area contributed by atoms with Crippen LogP contribution in [0.25, 0.3) is 22.5 Å². The minimum atomic E-state index is -0.314. The molecule has 0 N–H and O–H groups in total. The van der Waals surface area contributed by atoms with Gasteiger partial charge in [-0.2, -0.15) is 4.98 Å². The van der Waals surface area contributed by atoms with Gasteiger partial charge in [-0.1, -0.05) is 23.4 Å². The highest BCUT2D eigenvalue weighted by Crippen LogP contribution is 2.22. The predicted octanol–water partition coefficient (Wildman–Crippen LogP) is 4.27. The topological polar surface area (TPSA) is 98.2 Å². The van der Waals surface area contributed by atoms with Crippen molar-refractivity contribution in [2.45, 2.75) is 13.0 Å². The maximum absolute atomic E-state index is 13.9. The van der Waals surface area contributed by atoms with Crippen molar-refractivity contribution in [3.8, 4) is 11.4 Å². The summed E-state index contributed by atoms with van der Waals surface area (Å²) in [5, 5.41) is 3.95. The molecular weight excluding hydrogens is 425 g/mol. The predicted molar refractivity (Wildman–Crippen MR) is 117 cm³/mol. The number of amides is 1. The molecule has 0 atom stereocenters. The minimum absolute atomic E-state index is 0.143. The molecule has 0 aliphatic heterocycles. The molecule has 3 heterocycles. The van der Waals surface area contributed by atoms with Crippen LogP contribution in [0.5, 0.6) is 0 Å². The van der Waals surface area contributed by atoms with Crippen molar-refractivity contribution < 1.29 is 18.1 Å². The number of rotatable bonds is 6. The lowest BCUT2D eigenvalue weighted by Gasteiger charge is -2.14. The number of oxazole rings is 1. The lowest BCUT2D eigenvalue weighted by molar-refractivity contribution is 0.0769. The molecule has 33 heavy (non-hydrogen) atoms. The quantitative estimate of drug-likeness (QED) is 0.386. The number of fused-ring (bicyclic) bond motifs is 1. The van der Waals surface area contributed by atoms with E-state index in [0.717, 1.165) is 5.56 Å². The van der Waals surface area contributed by atoms with Crippen LogP contribution in [0.3, 0.4) is 0 Å². The Bertz CT molecular complexity index is 1430. The molecule has 164 valence electrons. The van der Waals surface area contributed by atoms with Gasteiger partial charge >= 0.3 is 0 Å². The fourth-order valence-corrected chi connectivity index (χ4v) is 3.42. The zero-order valence-electron chi connectivity index (χ0n) is 17.6. The number of aromatic nitrogens is 4.